The van der Waals surface area contributed by atoms with Crippen LogP contribution in [0.3, 0.4) is 0 Å². The van der Waals surface area contributed by atoms with Gasteiger partial charge in [0, 0.05) is 24.5 Å². The molecule has 1 amide bonds. The van der Waals surface area contributed by atoms with Gasteiger partial charge in [0.2, 0.25) is 27.7 Å². The van der Waals surface area contributed by atoms with E-state index in [0.717, 1.165) is 37.8 Å². The Morgan fingerprint density at radius 2 is 1.62 bits per heavy atom. The molecule has 0 unspecified atom stereocenters. The first-order valence-electron chi connectivity index (χ1n) is 15.1. The first-order chi connectivity index (χ1) is 22.3. The van der Waals surface area contributed by atoms with Gasteiger partial charge >= 0.3 is 6.09 Å². The van der Waals surface area contributed by atoms with Gasteiger partial charge in [-0.15, -0.1) is 0 Å². The fraction of sp³-hybridized carbons (Fsp3) is 0.333. The number of pyridine rings is 1. The number of nitrogens with one attached hydrogen (secondary N) is 3. The summed E-state index contributed by atoms with van der Waals surface area (Å²) in [6, 6.07) is 15.6. The molecule has 14 heteroatoms. The summed E-state index contributed by atoms with van der Waals surface area (Å²) >= 11 is 0. The average Bonchev–Trinajstić information content (AvgIpc) is 3.01. The van der Waals surface area contributed by atoms with Gasteiger partial charge < -0.3 is 20.1 Å². The first kappa shape index (κ1) is 33.5. The molecule has 0 spiro atoms. The van der Waals surface area contributed by atoms with E-state index < -0.39 is 50.5 Å². The number of aromatic nitrogens is 3. The fourth-order valence-electron chi connectivity index (χ4n) is 5.08. The zero-order valence-corrected chi connectivity index (χ0v) is 27.0. The molecule has 1 saturated carbocycles. The standard InChI is InChI=1S/C33H36F2N6O5S/c1-33(2,3)46-32(42)39-23-13-11-22(12-14-23)38-31-37-19-17-25(40-31)24-10-7-18-36-30(24)45-27-16-15-26(28(34)29(27)35)41-47(43,44)20-21-8-5-4-6-9-21/h4-10,15-19,22-23,41H,11-14,20H2,1-3H3,(H,39,42)(H,37,38,40)/t22-,23-. The van der Waals surface area contributed by atoms with Crippen LogP contribution in [0.25, 0.3) is 11.3 Å². The topological polar surface area (TPSA) is 144 Å². The van der Waals surface area contributed by atoms with Crippen molar-refractivity contribution in [2.24, 2.45) is 0 Å². The molecule has 0 atom stereocenters. The number of rotatable bonds is 10. The minimum absolute atomic E-state index is 0.0130. The monoisotopic (exact) mass is 666 g/mol. The van der Waals surface area contributed by atoms with Crippen LogP contribution in [0, 0.1) is 11.6 Å². The Hall–Kier alpha value is -4.85. The molecule has 2 heterocycles. The Morgan fingerprint density at radius 1 is 0.894 bits per heavy atom. The lowest BCUT2D eigenvalue weighted by Crippen LogP contribution is -2.42. The number of ether oxygens (including phenoxy) is 2. The van der Waals surface area contributed by atoms with Crippen molar-refractivity contribution >= 4 is 27.8 Å². The summed E-state index contributed by atoms with van der Waals surface area (Å²) in [5, 5.41) is 6.26. The summed E-state index contributed by atoms with van der Waals surface area (Å²) in [4.78, 5) is 25.3. The lowest BCUT2D eigenvalue weighted by atomic mass is 9.91. The summed E-state index contributed by atoms with van der Waals surface area (Å²) in [6.07, 6.45) is 5.63. The van der Waals surface area contributed by atoms with Crippen LogP contribution in [0.5, 0.6) is 11.6 Å². The number of carbonyl (C=O) groups excluding carboxylic acids is 1. The van der Waals surface area contributed by atoms with Crippen LogP contribution in [0.15, 0.2) is 73.1 Å². The van der Waals surface area contributed by atoms with Crippen molar-refractivity contribution in [3.8, 4) is 22.9 Å². The molecule has 4 aromatic rings. The van der Waals surface area contributed by atoms with E-state index in [1.807, 2.05) is 20.8 Å². The Bertz CT molecular complexity index is 1810. The number of anilines is 2. The maximum Gasteiger partial charge on any atom is 0.407 e. The molecular formula is C33H36F2N6O5S. The summed E-state index contributed by atoms with van der Waals surface area (Å²) in [6.45, 7) is 5.46. The van der Waals surface area contributed by atoms with Gasteiger partial charge in [0.25, 0.3) is 0 Å². The third-order valence-electron chi connectivity index (χ3n) is 7.20. The summed E-state index contributed by atoms with van der Waals surface area (Å²) < 4.78 is 68.5. The molecule has 2 aromatic carbocycles. The molecule has 0 radical (unpaired) electrons. The predicted molar refractivity (Wildman–Crippen MR) is 173 cm³/mol. The highest BCUT2D eigenvalue weighted by Crippen LogP contribution is 2.34. The molecular weight excluding hydrogens is 630 g/mol. The number of hydrogen-bond donors (Lipinski definition) is 3. The lowest BCUT2D eigenvalue weighted by molar-refractivity contribution is 0.0492. The van der Waals surface area contributed by atoms with Crippen LogP contribution in [-0.2, 0) is 20.5 Å². The molecule has 11 nitrogen and oxygen atoms in total. The second kappa shape index (κ2) is 14.3. The van der Waals surface area contributed by atoms with Crippen LogP contribution in [0.4, 0.5) is 25.2 Å². The minimum atomic E-state index is -4.02. The number of alkyl carbamates (subject to hydrolysis) is 1. The number of hydrogen-bond acceptors (Lipinski definition) is 9. The Labute approximate surface area is 272 Å². The normalized spacial score (nSPS) is 16.6. The quantitative estimate of drug-likeness (QED) is 0.166. The number of halogens is 2. The smallest absolute Gasteiger partial charge is 0.407 e. The second-order valence-corrected chi connectivity index (χ2v) is 13.9. The minimum Gasteiger partial charge on any atom is -0.444 e. The maximum atomic E-state index is 15.2. The van der Waals surface area contributed by atoms with Crippen LogP contribution in [-0.4, -0.2) is 47.1 Å². The third kappa shape index (κ3) is 9.35. The Kier molecular flexibility index (Phi) is 10.2. The van der Waals surface area contributed by atoms with Crippen molar-refractivity contribution in [1.82, 2.24) is 20.3 Å². The molecule has 2 aromatic heterocycles. The van der Waals surface area contributed by atoms with Crippen LogP contribution in [0.2, 0.25) is 0 Å². The van der Waals surface area contributed by atoms with Crippen molar-refractivity contribution in [2.75, 3.05) is 10.0 Å². The molecule has 1 aliphatic rings. The SMILES string of the molecule is CC(C)(C)OC(=O)N[C@H]1CC[C@H](Nc2nccc(-c3cccnc3Oc3ccc(NS(=O)(=O)Cc4ccccc4)c(F)c3F)n2)CC1. The predicted octanol–water partition coefficient (Wildman–Crippen LogP) is 6.80. The summed E-state index contributed by atoms with van der Waals surface area (Å²) in [5.74, 6) is -3.37. The Morgan fingerprint density at radius 3 is 2.34 bits per heavy atom. The summed E-state index contributed by atoms with van der Waals surface area (Å²) in [5.41, 5.74) is 0.206. The van der Waals surface area contributed by atoms with Crippen molar-refractivity contribution < 1.29 is 31.5 Å². The van der Waals surface area contributed by atoms with Crippen molar-refractivity contribution in [1.29, 1.82) is 0 Å². The highest BCUT2D eigenvalue weighted by Gasteiger charge is 2.26. The zero-order valence-electron chi connectivity index (χ0n) is 26.2. The number of nitrogens with zero attached hydrogens (tertiary/aromatic N) is 3. The number of benzene rings is 2. The molecule has 47 heavy (non-hydrogen) atoms. The van der Waals surface area contributed by atoms with E-state index in [9.17, 15) is 13.2 Å². The van der Waals surface area contributed by atoms with Gasteiger partial charge in [0.15, 0.2) is 11.6 Å². The van der Waals surface area contributed by atoms with Gasteiger partial charge in [0.05, 0.1) is 22.7 Å². The van der Waals surface area contributed by atoms with E-state index in [4.69, 9.17) is 9.47 Å². The van der Waals surface area contributed by atoms with Gasteiger partial charge in [-0.1, -0.05) is 30.3 Å². The van der Waals surface area contributed by atoms with Gasteiger partial charge in [0.1, 0.15) is 5.60 Å². The van der Waals surface area contributed by atoms with E-state index in [1.54, 1.807) is 54.7 Å². The zero-order chi connectivity index (χ0) is 33.6. The molecule has 248 valence electrons. The molecule has 0 saturated heterocycles. The molecule has 1 aliphatic carbocycles. The van der Waals surface area contributed by atoms with Gasteiger partial charge in [-0.3, -0.25) is 4.72 Å². The van der Waals surface area contributed by atoms with Crippen LogP contribution in [0.1, 0.15) is 52.0 Å². The van der Waals surface area contributed by atoms with Crippen LogP contribution >= 0.6 is 0 Å². The lowest BCUT2D eigenvalue weighted by Gasteiger charge is -2.30. The van der Waals surface area contributed by atoms with E-state index >= 15 is 8.78 Å². The number of carbonyl (C=O) groups is 1. The van der Waals surface area contributed by atoms with E-state index in [1.165, 1.54) is 6.20 Å². The van der Waals surface area contributed by atoms with Gasteiger partial charge in [-0.2, -0.15) is 4.39 Å². The van der Waals surface area contributed by atoms with Gasteiger partial charge in [-0.05, 0) is 82.3 Å². The molecule has 0 bridgehead atoms. The highest BCUT2D eigenvalue weighted by molar-refractivity contribution is 7.91. The van der Waals surface area contributed by atoms with Crippen molar-refractivity contribution in [2.45, 2.75) is 69.9 Å². The molecule has 1 fully saturated rings. The van der Waals surface area contributed by atoms with Gasteiger partial charge in [-0.25, -0.2) is 32.6 Å². The Balaban J connectivity index is 1.24. The molecule has 5 rings (SSSR count). The first-order valence-corrected chi connectivity index (χ1v) is 16.8. The number of amides is 1. The largest absolute Gasteiger partial charge is 0.444 e. The summed E-state index contributed by atoms with van der Waals surface area (Å²) in [7, 11) is -4.02. The maximum absolute atomic E-state index is 15.2. The van der Waals surface area contributed by atoms with E-state index in [0.29, 0.717) is 22.8 Å². The number of sulfonamides is 1. The van der Waals surface area contributed by atoms with Crippen LogP contribution < -0.4 is 20.1 Å². The highest BCUT2D eigenvalue weighted by atomic mass is 32.2. The average molecular weight is 667 g/mol. The molecule has 0 aliphatic heterocycles. The van der Waals surface area contributed by atoms with E-state index in [2.05, 4.69) is 30.3 Å². The second-order valence-electron chi connectivity index (χ2n) is 12.1. The fourth-order valence-corrected chi connectivity index (χ4v) is 6.27. The third-order valence-corrected chi connectivity index (χ3v) is 8.45. The van der Waals surface area contributed by atoms with E-state index in [-0.39, 0.29) is 18.0 Å². The van der Waals surface area contributed by atoms with Crippen molar-refractivity contribution in [3.05, 3.63) is 90.3 Å². The van der Waals surface area contributed by atoms with Crippen molar-refractivity contribution in [3.63, 3.8) is 0 Å². The molecule has 3 N–H and O–H groups in total.